The summed E-state index contributed by atoms with van der Waals surface area (Å²) in [6.45, 7) is 3.64. The summed E-state index contributed by atoms with van der Waals surface area (Å²) in [5.74, 6) is 1.14. The summed E-state index contributed by atoms with van der Waals surface area (Å²) in [6, 6.07) is 17.3. The molecule has 0 fully saturated rings. The van der Waals surface area contributed by atoms with Crippen LogP contribution in [-0.2, 0) is 21.2 Å². The van der Waals surface area contributed by atoms with E-state index in [2.05, 4.69) is 5.32 Å². The van der Waals surface area contributed by atoms with Crippen molar-refractivity contribution >= 4 is 21.6 Å². The van der Waals surface area contributed by atoms with E-state index in [4.69, 9.17) is 14.2 Å². The van der Waals surface area contributed by atoms with E-state index >= 15 is 0 Å². The first kappa shape index (κ1) is 26.9. The van der Waals surface area contributed by atoms with Gasteiger partial charge in [0.2, 0.25) is 5.91 Å². The molecule has 0 unspecified atom stereocenters. The van der Waals surface area contributed by atoms with Crippen LogP contribution in [0.3, 0.4) is 0 Å². The number of nitrogens with one attached hydrogen (secondary N) is 1. The maximum absolute atomic E-state index is 13.6. The number of hydrogen-bond donors (Lipinski definition) is 1. The number of anilines is 1. The van der Waals surface area contributed by atoms with E-state index in [1.807, 2.05) is 32.0 Å². The summed E-state index contributed by atoms with van der Waals surface area (Å²) in [5.41, 5.74) is 3.01. The first-order valence-electron chi connectivity index (χ1n) is 11.4. The number of carbonyl (C=O) groups is 1. The maximum atomic E-state index is 13.6. The number of rotatable bonds is 11. The molecular formula is C27H32N2O6S. The van der Waals surface area contributed by atoms with Gasteiger partial charge < -0.3 is 19.5 Å². The van der Waals surface area contributed by atoms with Crippen LogP contribution in [-0.4, -0.2) is 48.7 Å². The third-order valence-electron chi connectivity index (χ3n) is 5.68. The highest BCUT2D eigenvalue weighted by molar-refractivity contribution is 7.92. The molecule has 3 aromatic rings. The average molecular weight is 513 g/mol. The Morgan fingerprint density at radius 3 is 2.06 bits per heavy atom. The third-order valence-corrected chi connectivity index (χ3v) is 7.46. The Kier molecular flexibility index (Phi) is 8.82. The molecule has 0 saturated carbocycles. The minimum absolute atomic E-state index is 0.0924. The molecule has 3 rings (SSSR count). The maximum Gasteiger partial charge on any atom is 0.264 e. The highest BCUT2D eigenvalue weighted by Crippen LogP contribution is 2.33. The van der Waals surface area contributed by atoms with Crippen LogP contribution in [0.1, 0.15) is 16.7 Å². The van der Waals surface area contributed by atoms with Crippen LogP contribution < -0.4 is 23.8 Å². The van der Waals surface area contributed by atoms with E-state index in [0.717, 1.165) is 21.0 Å². The van der Waals surface area contributed by atoms with Crippen molar-refractivity contribution in [1.82, 2.24) is 5.32 Å². The van der Waals surface area contributed by atoms with E-state index in [1.54, 1.807) is 44.6 Å². The number of carbonyl (C=O) groups excluding carboxylic acids is 1. The fourth-order valence-corrected chi connectivity index (χ4v) is 5.12. The highest BCUT2D eigenvalue weighted by Gasteiger charge is 2.29. The Hall–Kier alpha value is -3.72. The van der Waals surface area contributed by atoms with Gasteiger partial charge in [0.1, 0.15) is 12.3 Å². The second kappa shape index (κ2) is 11.8. The second-order valence-corrected chi connectivity index (χ2v) is 10.2. The summed E-state index contributed by atoms with van der Waals surface area (Å²) in [7, 11) is 0.548. The minimum Gasteiger partial charge on any atom is -0.495 e. The normalized spacial score (nSPS) is 11.0. The molecule has 192 valence electrons. The average Bonchev–Trinajstić information content (AvgIpc) is 2.87. The number of methoxy groups -OCH3 is 3. The predicted octanol–water partition coefficient (Wildman–Crippen LogP) is 3.88. The zero-order valence-corrected chi connectivity index (χ0v) is 22.0. The number of amides is 1. The van der Waals surface area contributed by atoms with Crippen molar-refractivity contribution < 1.29 is 27.4 Å². The van der Waals surface area contributed by atoms with E-state index in [1.165, 1.54) is 19.2 Å². The minimum atomic E-state index is -4.05. The number of aryl methyl sites for hydroxylation is 2. The van der Waals surface area contributed by atoms with Gasteiger partial charge in [-0.15, -0.1) is 0 Å². The lowest BCUT2D eigenvalue weighted by atomic mass is 10.1. The summed E-state index contributed by atoms with van der Waals surface area (Å²) < 4.78 is 44.4. The first-order valence-corrected chi connectivity index (χ1v) is 12.8. The van der Waals surface area contributed by atoms with Crippen LogP contribution in [0, 0.1) is 13.8 Å². The molecule has 0 radical (unpaired) electrons. The van der Waals surface area contributed by atoms with E-state index in [-0.39, 0.29) is 4.90 Å². The molecule has 1 N–H and O–H groups in total. The van der Waals surface area contributed by atoms with Gasteiger partial charge in [0.05, 0.1) is 31.9 Å². The Balaban J connectivity index is 1.82. The molecule has 0 aliphatic carbocycles. The van der Waals surface area contributed by atoms with Gasteiger partial charge in [0.25, 0.3) is 10.0 Å². The predicted molar refractivity (Wildman–Crippen MR) is 140 cm³/mol. The molecule has 36 heavy (non-hydrogen) atoms. The summed E-state index contributed by atoms with van der Waals surface area (Å²) in [4.78, 5) is 13.0. The largest absolute Gasteiger partial charge is 0.495 e. The number of nitrogens with zero attached hydrogens (tertiary/aromatic N) is 1. The van der Waals surface area contributed by atoms with Crippen LogP contribution in [0.5, 0.6) is 17.2 Å². The fraction of sp³-hybridized carbons (Fsp3) is 0.296. The SMILES string of the molecule is COc1ccc(CCNC(=O)CN(c2cc(C)ccc2OC)S(=O)(=O)c2ccc(C)cc2)cc1OC. The number of sulfonamides is 1. The first-order chi connectivity index (χ1) is 17.2. The van der Waals surface area contributed by atoms with Crippen LogP contribution in [0.4, 0.5) is 5.69 Å². The Bertz CT molecular complexity index is 1310. The van der Waals surface area contributed by atoms with E-state index in [9.17, 15) is 13.2 Å². The van der Waals surface area contributed by atoms with E-state index in [0.29, 0.717) is 35.9 Å². The molecule has 0 heterocycles. The van der Waals surface area contributed by atoms with Crippen molar-refractivity contribution in [2.75, 3.05) is 38.7 Å². The van der Waals surface area contributed by atoms with Gasteiger partial charge in [-0.25, -0.2) is 8.42 Å². The molecule has 9 heteroatoms. The van der Waals surface area contributed by atoms with Crippen molar-refractivity contribution in [3.8, 4) is 17.2 Å². The molecule has 0 aromatic heterocycles. The third kappa shape index (κ3) is 6.28. The Labute approximate surface area is 212 Å². The molecule has 0 saturated heterocycles. The van der Waals surface area contributed by atoms with Crippen LogP contribution >= 0.6 is 0 Å². The smallest absolute Gasteiger partial charge is 0.264 e. The lowest BCUT2D eigenvalue weighted by Gasteiger charge is -2.26. The number of ether oxygens (including phenoxy) is 3. The molecule has 8 nitrogen and oxygen atoms in total. The molecule has 0 bridgehead atoms. The fourth-order valence-electron chi connectivity index (χ4n) is 3.70. The van der Waals surface area contributed by atoms with Crippen molar-refractivity contribution in [1.29, 1.82) is 0 Å². The van der Waals surface area contributed by atoms with Gasteiger partial charge in [0, 0.05) is 6.54 Å². The number of hydrogen-bond acceptors (Lipinski definition) is 6. The Morgan fingerprint density at radius 1 is 0.806 bits per heavy atom. The van der Waals surface area contributed by atoms with Gasteiger partial charge in [-0.3, -0.25) is 9.10 Å². The quantitative estimate of drug-likeness (QED) is 0.419. The van der Waals surface area contributed by atoms with Crippen LogP contribution in [0.15, 0.2) is 65.6 Å². The highest BCUT2D eigenvalue weighted by atomic mass is 32.2. The monoisotopic (exact) mass is 512 g/mol. The summed E-state index contributed by atoms with van der Waals surface area (Å²) >= 11 is 0. The van der Waals surface area contributed by atoms with Gasteiger partial charge in [-0.2, -0.15) is 0 Å². The van der Waals surface area contributed by atoms with Gasteiger partial charge in [-0.1, -0.05) is 29.8 Å². The van der Waals surface area contributed by atoms with E-state index < -0.39 is 22.5 Å². The van der Waals surface area contributed by atoms with Crippen molar-refractivity contribution in [2.24, 2.45) is 0 Å². The molecule has 0 atom stereocenters. The van der Waals surface area contributed by atoms with Crippen LogP contribution in [0.25, 0.3) is 0 Å². The van der Waals surface area contributed by atoms with Gasteiger partial charge in [-0.05, 0) is 67.8 Å². The van der Waals surface area contributed by atoms with Gasteiger partial charge >= 0.3 is 0 Å². The lowest BCUT2D eigenvalue weighted by molar-refractivity contribution is -0.119. The van der Waals surface area contributed by atoms with Crippen molar-refractivity contribution in [2.45, 2.75) is 25.2 Å². The lowest BCUT2D eigenvalue weighted by Crippen LogP contribution is -2.41. The summed E-state index contributed by atoms with van der Waals surface area (Å²) in [6.07, 6.45) is 0.532. The van der Waals surface area contributed by atoms with Crippen molar-refractivity contribution in [3.05, 3.63) is 77.4 Å². The second-order valence-electron chi connectivity index (χ2n) is 8.29. The summed E-state index contributed by atoms with van der Waals surface area (Å²) in [5, 5.41) is 2.82. The zero-order valence-electron chi connectivity index (χ0n) is 21.2. The van der Waals surface area contributed by atoms with Crippen LogP contribution in [0.2, 0.25) is 0 Å². The molecule has 0 aliphatic heterocycles. The van der Waals surface area contributed by atoms with Gasteiger partial charge in [0.15, 0.2) is 11.5 Å². The number of benzene rings is 3. The molecule has 0 spiro atoms. The Morgan fingerprint density at radius 2 is 1.42 bits per heavy atom. The molecule has 3 aromatic carbocycles. The zero-order chi connectivity index (χ0) is 26.3. The molecular weight excluding hydrogens is 480 g/mol. The topological polar surface area (TPSA) is 94.2 Å². The molecule has 0 aliphatic rings. The standard InChI is InChI=1S/C27H32N2O6S/c1-19-6-10-22(11-7-19)36(31,32)29(23-16-20(2)8-12-24(23)33-3)18-27(30)28-15-14-21-9-13-25(34-4)26(17-21)35-5/h6-13,16-17H,14-15,18H2,1-5H3,(H,28,30). The van der Waals surface area contributed by atoms with Crippen molar-refractivity contribution in [3.63, 3.8) is 0 Å². The molecule has 1 amide bonds.